The molecule has 2 aromatic carbocycles. The average Bonchev–Trinajstić information content (AvgIpc) is 2.75. The Labute approximate surface area is 175 Å². The normalized spacial score (nSPS) is 9.87. The maximum Gasteiger partial charge on any atom is 0.805 e. The third kappa shape index (κ3) is 8.29. The Hall–Kier alpha value is -3.44. The molecule has 30 heavy (non-hydrogen) atoms. The maximum atomic E-state index is 12.1. The summed E-state index contributed by atoms with van der Waals surface area (Å²) in [4.78, 5) is 22.0. The van der Waals surface area contributed by atoms with E-state index in [4.69, 9.17) is 18.5 Å². The number of carbonyl (C=O) groups is 2. The predicted octanol–water partition coefficient (Wildman–Crippen LogP) is 4.35. The van der Waals surface area contributed by atoms with Gasteiger partial charge in [0.2, 0.25) is 0 Å². The lowest BCUT2D eigenvalue weighted by Gasteiger charge is -2.03. The molecule has 2 aromatic rings. The van der Waals surface area contributed by atoms with E-state index < -0.39 is 20.2 Å². The van der Waals surface area contributed by atoms with Crippen LogP contribution in [-0.2, 0) is 36.5 Å². The second-order valence-corrected chi connectivity index (χ2v) is 6.75. The summed E-state index contributed by atoms with van der Waals surface area (Å²) in [6.07, 6.45) is 3.31. The Morgan fingerprint density at radius 3 is 1.43 bits per heavy atom. The molecule has 0 aliphatic carbocycles. The minimum atomic E-state index is -2.41. The van der Waals surface area contributed by atoms with E-state index in [1.165, 1.54) is 0 Å². The van der Waals surface area contributed by atoms with Crippen LogP contribution in [-0.4, -0.2) is 25.2 Å². The van der Waals surface area contributed by atoms with E-state index in [-0.39, 0.29) is 13.2 Å². The van der Waals surface area contributed by atoms with Crippen LogP contribution >= 0.6 is 8.25 Å². The number of esters is 2. The first-order valence-electron chi connectivity index (χ1n) is 9.09. The molecule has 0 fully saturated rings. The molecule has 0 heterocycles. The van der Waals surface area contributed by atoms with E-state index in [1.807, 2.05) is 0 Å². The minimum Gasteiger partial charge on any atom is -0.462 e. The summed E-state index contributed by atoms with van der Waals surface area (Å²) in [5, 5.41) is 0. The third-order valence-electron chi connectivity index (χ3n) is 3.81. The number of ether oxygens (including phenoxy) is 2. The Kier molecular flexibility index (Phi) is 9.28. The van der Waals surface area contributed by atoms with Gasteiger partial charge in [-0.2, -0.15) is 0 Å². The van der Waals surface area contributed by atoms with E-state index in [0.29, 0.717) is 24.3 Å². The number of hydrogen-bond donors (Lipinski definition) is 0. The zero-order valence-corrected chi connectivity index (χ0v) is 17.2. The van der Waals surface area contributed by atoms with Crippen molar-refractivity contribution in [2.24, 2.45) is 0 Å². The van der Waals surface area contributed by atoms with Crippen molar-refractivity contribution >= 4 is 20.2 Å². The molecule has 0 saturated heterocycles. The van der Waals surface area contributed by atoms with Crippen molar-refractivity contribution in [1.29, 1.82) is 0 Å². The highest BCUT2D eigenvalue weighted by atomic mass is 31.1. The molecule has 0 aliphatic rings. The first-order chi connectivity index (χ1) is 14.5. The first kappa shape index (κ1) is 22.8. The van der Waals surface area contributed by atoms with Gasteiger partial charge in [0.15, 0.2) is 11.5 Å². The van der Waals surface area contributed by atoms with E-state index in [9.17, 15) is 14.2 Å². The molecule has 0 aliphatic heterocycles. The Balaban J connectivity index is 1.76. The monoisotopic (exact) mass is 429 g/mol. The molecule has 0 aromatic heterocycles. The molecular formula is C22H22O7P+. The van der Waals surface area contributed by atoms with Gasteiger partial charge in [-0.1, -0.05) is 37.4 Å². The third-order valence-corrected chi connectivity index (χ3v) is 4.53. The van der Waals surface area contributed by atoms with Gasteiger partial charge in [0.25, 0.3) is 0 Å². The lowest BCUT2D eigenvalue weighted by Crippen LogP contribution is -2.04. The molecule has 0 amide bonds. The predicted molar refractivity (Wildman–Crippen MR) is 111 cm³/mol. The molecule has 0 saturated carbocycles. The Morgan fingerprint density at radius 2 is 1.10 bits per heavy atom. The molecule has 7 nitrogen and oxygen atoms in total. The van der Waals surface area contributed by atoms with Gasteiger partial charge in [-0.15, -0.1) is 0 Å². The van der Waals surface area contributed by atoms with Crippen LogP contribution in [0.5, 0.6) is 11.5 Å². The minimum absolute atomic E-state index is 0.245. The molecule has 0 atom stereocenters. The fourth-order valence-electron chi connectivity index (χ4n) is 2.28. The van der Waals surface area contributed by atoms with Crippen molar-refractivity contribution < 1.29 is 32.7 Å². The van der Waals surface area contributed by atoms with Crippen LogP contribution in [0.25, 0.3) is 0 Å². The lowest BCUT2D eigenvalue weighted by atomic mass is 10.1. The second kappa shape index (κ2) is 12.2. The standard InChI is InChI=1S/C22H22O7P/c1-3-21(23)26-15-13-17-5-9-19(10-6-17)28-30(25)29-20-11-7-18(8-12-20)14-16-27-22(24)4-2/h3-12H,1-2,13-16H2/q+1. The van der Waals surface area contributed by atoms with Gasteiger partial charge in [0.05, 0.1) is 13.2 Å². The van der Waals surface area contributed by atoms with Crippen LogP contribution in [0.4, 0.5) is 0 Å². The highest BCUT2D eigenvalue weighted by molar-refractivity contribution is 7.34. The molecule has 0 radical (unpaired) electrons. The summed E-state index contributed by atoms with van der Waals surface area (Å²) < 4.78 is 32.5. The fourth-order valence-corrected chi connectivity index (χ4v) is 2.91. The zero-order chi connectivity index (χ0) is 21.8. The van der Waals surface area contributed by atoms with Gasteiger partial charge in [0.1, 0.15) is 0 Å². The summed E-state index contributed by atoms with van der Waals surface area (Å²) >= 11 is 0. The van der Waals surface area contributed by atoms with E-state index in [1.54, 1.807) is 48.5 Å². The smallest absolute Gasteiger partial charge is 0.462 e. The zero-order valence-electron chi connectivity index (χ0n) is 16.3. The molecule has 156 valence electrons. The van der Waals surface area contributed by atoms with Gasteiger partial charge in [-0.05, 0) is 35.4 Å². The van der Waals surface area contributed by atoms with Crippen LogP contribution in [0.15, 0.2) is 73.8 Å². The van der Waals surface area contributed by atoms with Gasteiger partial charge in [0, 0.05) is 29.6 Å². The largest absolute Gasteiger partial charge is 0.805 e. The molecule has 2 rings (SSSR count). The van der Waals surface area contributed by atoms with Crippen molar-refractivity contribution in [3.8, 4) is 11.5 Å². The van der Waals surface area contributed by atoms with E-state index >= 15 is 0 Å². The van der Waals surface area contributed by atoms with Crippen molar-refractivity contribution in [2.75, 3.05) is 13.2 Å². The molecule has 0 unspecified atom stereocenters. The van der Waals surface area contributed by atoms with Gasteiger partial charge >= 0.3 is 20.2 Å². The van der Waals surface area contributed by atoms with Crippen molar-refractivity contribution in [3.63, 3.8) is 0 Å². The second-order valence-electron chi connectivity index (χ2n) is 5.94. The summed E-state index contributed by atoms with van der Waals surface area (Å²) in [5.41, 5.74) is 1.87. The van der Waals surface area contributed by atoms with E-state index in [0.717, 1.165) is 23.3 Å². The quantitative estimate of drug-likeness (QED) is 0.282. The number of hydrogen-bond acceptors (Lipinski definition) is 7. The van der Waals surface area contributed by atoms with Crippen LogP contribution in [0.2, 0.25) is 0 Å². The van der Waals surface area contributed by atoms with Gasteiger partial charge < -0.3 is 9.47 Å². The lowest BCUT2D eigenvalue weighted by molar-refractivity contribution is -0.138. The van der Waals surface area contributed by atoms with Crippen molar-refractivity contribution in [1.82, 2.24) is 0 Å². The summed E-state index contributed by atoms with van der Waals surface area (Å²) in [7, 11) is -2.41. The number of rotatable bonds is 12. The molecule has 0 bridgehead atoms. The molecule has 0 spiro atoms. The van der Waals surface area contributed by atoms with Crippen LogP contribution in [0.3, 0.4) is 0 Å². The highest BCUT2D eigenvalue weighted by Gasteiger charge is 2.24. The van der Waals surface area contributed by atoms with Crippen LogP contribution in [0.1, 0.15) is 11.1 Å². The Bertz CT molecular complexity index is 815. The molecular weight excluding hydrogens is 407 g/mol. The Morgan fingerprint density at radius 1 is 0.733 bits per heavy atom. The van der Waals surface area contributed by atoms with Crippen LogP contribution in [0, 0.1) is 0 Å². The number of carbonyl (C=O) groups excluding carboxylic acids is 2. The summed E-state index contributed by atoms with van der Waals surface area (Å²) in [6, 6.07) is 13.8. The fraction of sp³-hybridized carbons (Fsp3) is 0.182. The molecule has 0 N–H and O–H groups in total. The van der Waals surface area contributed by atoms with Gasteiger partial charge in [-0.3, -0.25) is 0 Å². The highest BCUT2D eigenvalue weighted by Crippen LogP contribution is 2.30. The average molecular weight is 429 g/mol. The van der Waals surface area contributed by atoms with Crippen molar-refractivity contribution in [2.45, 2.75) is 12.8 Å². The molecule has 8 heteroatoms. The van der Waals surface area contributed by atoms with E-state index in [2.05, 4.69) is 13.2 Å². The topological polar surface area (TPSA) is 88.1 Å². The van der Waals surface area contributed by atoms with Crippen molar-refractivity contribution in [3.05, 3.63) is 85.0 Å². The maximum absolute atomic E-state index is 12.1. The van der Waals surface area contributed by atoms with Crippen LogP contribution < -0.4 is 9.05 Å². The summed E-state index contributed by atoms with van der Waals surface area (Å²) in [6.45, 7) is 7.15. The van der Waals surface area contributed by atoms with Gasteiger partial charge in [-0.25, -0.2) is 18.6 Å². The SMILES string of the molecule is C=CC(=O)OCCc1ccc(O[P+](=O)Oc2ccc(CCOC(=O)C=C)cc2)cc1. The first-order valence-corrected chi connectivity index (χ1v) is 10.2. The summed E-state index contributed by atoms with van der Waals surface area (Å²) in [5.74, 6) is -0.145. The number of benzene rings is 2.